The molecule has 6 nitrogen and oxygen atoms in total. The number of rotatable bonds is 4. The van der Waals surface area contributed by atoms with Gasteiger partial charge in [-0.05, 0) is 12.8 Å². The van der Waals surface area contributed by atoms with Gasteiger partial charge in [0.05, 0.1) is 19.8 Å². The zero-order valence-electron chi connectivity index (χ0n) is 10.4. The van der Waals surface area contributed by atoms with Gasteiger partial charge in [0.15, 0.2) is 6.29 Å². The largest absolute Gasteiger partial charge is 0.508 e. The molecule has 0 N–H and O–H groups in total. The van der Waals surface area contributed by atoms with Gasteiger partial charge in [-0.1, -0.05) is 6.92 Å². The third-order valence-electron chi connectivity index (χ3n) is 3.55. The number of carbonyl (C=O) groups excluding carboxylic acids is 2. The van der Waals surface area contributed by atoms with E-state index >= 15 is 0 Å². The molecule has 1 unspecified atom stereocenters. The van der Waals surface area contributed by atoms with Crippen LogP contribution in [0.1, 0.15) is 26.2 Å². The van der Waals surface area contributed by atoms with Crippen LogP contribution in [0.25, 0.3) is 0 Å². The van der Waals surface area contributed by atoms with Gasteiger partial charge in [0.2, 0.25) is 6.29 Å². The fourth-order valence-corrected chi connectivity index (χ4v) is 2.28. The van der Waals surface area contributed by atoms with Crippen LogP contribution in [0.4, 0.5) is 4.79 Å². The fourth-order valence-electron chi connectivity index (χ4n) is 2.28. The second-order valence-electron chi connectivity index (χ2n) is 4.81. The molecule has 0 bridgehead atoms. The van der Waals surface area contributed by atoms with Crippen molar-refractivity contribution < 1.29 is 28.5 Å². The standard InChI is InChI=1S/C12H18O6/c1-2-12(7-16-10(6-13)17-8-12)5-9-3-4-15-11(14)18-9/h6,9-10H,2-5,7-8H2,1H3. The second kappa shape index (κ2) is 5.67. The average molecular weight is 258 g/mol. The molecular weight excluding hydrogens is 240 g/mol. The first-order valence-electron chi connectivity index (χ1n) is 6.19. The minimum Gasteiger partial charge on any atom is -0.434 e. The van der Waals surface area contributed by atoms with Crippen LogP contribution < -0.4 is 0 Å². The first-order chi connectivity index (χ1) is 8.67. The minimum atomic E-state index is -0.762. The van der Waals surface area contributed by atoms with Crippen LogP contribution in [0.3, 0.4) is 0 Å². The summed E-state index contributed by atoms with van der Waals surface area (Å²) in [6.07, 6.45) is 1.31. The third-order valence-corrected chi connectivity index (χ3v) is 3.55. The van der Waals surface area contributed by atoms with Crippen molar-refractivity contribution in [2.24, 2.45) is 5.41 Å². The number of cyclic esters (lactones) is 2. The Morgan fingerprint density at radius 1 is 1.39 bits per heavy atom. The molecule has 0 aromatic heterocycles. The summed E-state index contributed by atoms with van der Waals surface area (Å²) in [7, 11) is 0. The molecule has 18 heavy (non-hydrogen) atoms. The Morgan fingerprint density at radius 2 is 2.11 bits per heavy atom. The van der Waals surface area contributed by atoms with Crippen LogP contribution in [0.15, 0.2) is 0 Å². The van der Waals surface area contributed by atoms with Crippen LogP contribution in [0.5, 0.6) is 0 Å². The highest BCUT2D eigenvalue weighted by Gasteiger charge is 2.39. The summed E-state index contributed by atoms with van der Waals surface area (Å²) >= 11 is 0. The first kappa shape index (κ1) is 13.3. The van der Waals surface area contributed by atoms with Crippen molar-refractivity contribution in [3.8, 4) is 0 Å². The molecule has 2 heterocycles. The maximum Gasteiger partial charge on any atom is 0.508 e. The third kappa shape index (κ3) is 3.00. The molecular formula is C12H18O6. The number of carbonyl (C=O) groups is 2. The van der Waals surface area contributed by atoms with Gasteiger partial charge in [0.25, 0.3) is 0 Å². The van der Waals surface area contributed by atoms with Gasteiger partial charge in [-0.15, -0.1) is 0 Å². The Balaban J connectivity index is 1.92. The molecule has 0 aromatic rings. The van der Waals surface area contributed by atoms with E-state index in [9.17, 15) is 9.59 Å². The number of hydrogen-bond donors (Lipinski definition) is 0. The van der Waals surface area contributed by atoms with Gasteiger partial charge in [-0.3, -0.25) is 4.79 Å². The molecule has 2 aliphatic rings. The molecule has 2 saturated heterocycles. The summed E-state index contributed by atoms with van der Waals surface area (Å²) in [4.78, 5) is 21.6. The van der Waals surface area contributed by atoms with Gasteiger partial charge in [-0.25, -0.2) is 4.79 Å². The Morgan fingerprint density at radius 3 is 2.67 bits per heavy atom. The van der Waals surface area contributed by atoms with Gasteiger partial charge in [0, 0.05) is 11.8 Å². The van der Waals surface area contributed by atoms with Gasteiger partial charge in [0.1, 0.15) is 6.10 Å². The molecule has 0 aliphatic carbocycles. The highest BCUT2D eigenvalue weighted by atomic mass is 16.7. The molecule has 2 aliphatic heterocycles. The Kier molecular flexibility index (Phi) is 4.19. The van der Waals surface area contributed by atoms with E-state index < -0.39 is 12.4 Å². The normalized spacial score (nSPS) is 36.6. The highest BCUT2D eigenvalue weighted by molar-refractivity contribution is 5.60. The number of hydrogen-bond acceptors (Lipinski definition) is 6. The quantitative estimate of drug-likeness (QED) is 0.558. The number of ether oxygens (including phenoxy) is 4. The summed E-state index contributed by atoms with van der Waals surface area (Å²) in [5.41, 5.74) is -0.193. The lowest BCUT2D eigenvalue weighted by Gasteiger charge is -2.40. The summed E-state index contributed by atoms with van der Waals surface area (Å²) in [5.74, 6) is 0. The fraction of sp³-hybridized carbons (Fsp3) is 0.833. The molecule has 2 fully saturated rings. The molecule has 0 spiro atoms. The van der Waals surface area contributed by atoms with E-state index in [4.69, 9.17) is 18.9 Å². The SMILES string of the molecule is CCC1(CC2CCOC(=O)O2)COC(C=O)OC1. The minimum absolute atomic E-state index is 0.161. The van der Waals surface area contributed by atoms with E-state index in [0.29, 0.717) is 38.9 Å². The molecule has 0 radical (unpaired) electrons. The first-order valence-corrected chi connectivity index (χ1v) is 6.19. The van der Waals surface area contributed by atoms with Crippen molar-refractivity contribution in [2.45, 2.75) is 38.6 Å². The molecule has 0 saturated carbocycles. The maximum atomic E-state index is 11.1. The van der Waals surface area contributed by atoms with Crippen LogP contribution >= 0.6 is 0 Å². The molecule has 0 amide bonds. The lowest BCUT2D eigenvalue weighted by Crippen LogP contribution is -2.45. The van der Waals surface area contributed by atoms with Gasteiger partial charge < -0.3 is 18.9 Å². The molecule has 0 aromatic carbocycles. The topological polar surface area (TPSA) is 71.1 Å². The van der Waals surface area contributed by atoms with Crippen molar-refractivity contribution in [1.29, 1.82) is 0 Å². The van der Waals surface area contributed by atoms with Crippen molar-refractivity contribution in [3.05, 3.63) is 0 Å². The zero-order valence-corrected chi connectivity index (χ0v) is 10.4. The summed E-state index contributed by atoms with van der Waals surface area (Å²) in [6, 6.07) is 0. The lowest BCUT2D eigenvalue weighted by molar-refractivity contribution is -0.224. The van der Waals surface area contributed by atoms with E-state index in [1.54, 1.807) is 0 Å². The van der Waals surface area contributed by atoms with E-state index in [0.717, 1.165) is 6.42 Å². The zero-order chi connectivity index (χ0) is 13.0. The van der Waals surface area contributed by atoms with Gasteiger partial charge in [-0.2, -0.15) is 0 Å². The molecule has 2 rings (SSSR count). The monoisotopic (exact) mass is 258 g/mol. The van der Waals surface area contributed by atoms with Crippen LogP contribution in [0.2, 0.25) is 0 Å². The second-order valence-corrected chi connectivity index (χ2v) is 4.81. The molecule has 6 heteroatoms. The van der Waals surface area contributed by atoms with Crippen LogP contribution in [0, 0.1) is 5.41 Å². The van der Waals surface area contributed by atoms with Gasteiger partial charge >= 0.3 is 6.16 Å². The average Bonchev–Trinajstić information content (AvgIpc) is 2.39. The molecule has 1 atom stereocenters. The predicted molar refractivity (Wildman–Crippen MR) is 59.9 cm³/mol. The van der Waals surface area contributed by atoms with Crippen molar-refractivity contribution in [1.82, 2.24) is 0 Å². The maximum absolute atomic E-state index is 11.1. The summed E-state index contributed by atoms with van der Waals surface area (Å²) in [6.45, 7) is 3.32. The lowest BCUT2D eigenvalue weighted by atomic mass is 9.80. The van der Waals surface area contributed by atoms with Crippen LogP contribution in [-0.2, 0) is 23.7 Å². The van der Waals surface area contributed by atoms with Crippen molar-refractivity contribution >= 4 is 12.4 Å². The van der Waals surface area contributed by atoms with E-state index in [1.165, 1.54) is 0 Å². The summed E-state index contributed by atoms with van der Waals surface area (Å²) < 4.78 is 20.5. The molecule has 102 valence electrons. The van der Waals surface area contributed by atoms with E-state index in [1.807, 2.05) is 6.92 Å². The smallest absolute Gasteiger partial charge is 0.434 e. The van der Waals surface area contributed by atoms with E-state index in [-0.39, 0.29) is 11.5 Å². The Labute approximate surface area is 106 Å². The summed E-state index contributed by atoms with van der Waals surface area (Å²) in [5, 5.41) is 0. The predicted octanol–water partition coefficient (Wildman–Crippen LogP) is 1.27. The number of aldehydes is 1. The van der Waals surface area contributed by atoms with Crippen LogP contribution in [-0.4, -0.2) is 44.7 Å². The Hall–Kier alpha value is -1.14. The van der Waals surface area contributed by atoms with Crippen molar-refractivity contribution in [3.63, 3.8) is 0 Å². The highest BCUT2D eigenvalue weighted by Crippen LogP contribution is 2.35. The van der Waals surface area contributed by atoms with E-state index in [2.05, 4.69) is 0 Å². The van der Waals surface area contributed by atoms with Crippen molar-refractivity contribution in [2.75, 3.05) is 19.8 Å². The Bertz CT molecular complexity index is 308.